The average molecular weight is 238 g/mol. The third kappa shape index (κ3) is 3.99. The number of aliphatic hydroxyl groups excluding tert-OH is 1. The van der Waals surface area contributed by atoms with Gasteiger partial charge in [0.1, 0.15) is 11.5 Å². The minimum Gasteiger partial charge on any atom is -0.395 e. The Morgan fingerprint density at radius 3 is 2.94 bits per heavy atom. The molecule has 0 aliphatic heterocycles. The molecule has 0 spiro atoms. The van der Waals surface area contributed by atoms with Gasteiger partial charge in [-0.2, -0.15) is 0 Å². The maximum Gasteiger partial charge on any atom is 0.273 e. The van der Waals surface area contributed by atoms with Crippen molar-refractivity contribution in [3.05, 3.63) is 18.1 Å². The molecule has 2 N–H and O–H groups in total. The van der Waals surface area contributed by atoms with Crippen LogP contribution in [0.3, 0.4) is 0 Å². The van der Waals surface area contributed by atoms with Crippen molar-refractivity contribution >= 4 is 11.7 Å². The first-order chi connectivity index (χ1) is 8.19. The smallest absolute Gasteiger partial charge is 0.273 e. The van der Waals surface area contributed by atoms with E-state index >= 15 is 0 Å². The molecule has 1 rings (SSSR count). The molecule has 1 amide bonds. The molecule has 0 fully saturated rings. The quantitative estimate of drug-likeness (QED) is 0.748. The van der Waals surface area contributed by atoms with Crippen LogP contribution in [0.25, 0.3) is 0 Å². The van der Waals surface area contributed by atoms with Gasteiger partial charge in [-0.3, -0.25) is 9.78 Å². The number of aromatic nitrogens is 2. The summed E-state index contributed by atoms with van der Waals surface area (Å²) in [6.07, 6.45) is 3.98. The molecule has 0 saturated carbocycles. The van der Waals surface area contributed by atoms with Gasteiger partial charge in [0.25, 0.3) is 5.91 Å². The first kappa shape index (κ1) is 13.4. The van der Waals surface area contributed by atoms with Gasteiger partial charge in [-0.1, -0.05) is 6.92 Å². The van der Waals surface area contributed by atoms with Crippen LogP contribution >= 0.6 is 0 Å². The molecule has 0 aliphatic carbocycles. The summed E-state index contributed by atoms with van der Waals surface area (Å²) in [5.41, 5.74) is 0.280. The normalized spacial score (nSPS) is 10.1. The monoisotopic (exact) mass is 238 g/mol. The summed E-state index contributed by atoms with van der Waals surface area (Å²) in [5, 5.41) is 11.8. The number of nitrogens with zero attached hydrogens (tertiary/aromatic N) is 3. The number of likely N-dealkylation sites (N-methyl/N-ethyl adjacent to an activating group) is 1. The summed E-state index contributed by atoms with van der Waals surface area (Å²) in [7, 11) is 1.62. The molecular weight excluding hydrogens is 220 g/mol. The van der Waals surface area contributed by atoms with Gasteiger partial charge in [0.05, 0.1) is 19.0 Å². The van der Waals surface area contributed by atoms with Crippen LogP contribution in [0.2, 0.25) is 0 Å². The zero-order valence-electron chi connectivity index (χ0n) is 10.2. The molecule has 1 heterocycles. The lowest BCUT2D eigenvalue weighted by Crippen LogP contribution is -2.30. The fraction of sp³-hybridized carbons (Fsp3) is 0.545. The van der Waals surface area contributed by atoms with E-state index in [0.29, 0.717) is 5.82 Å². The van der Waals surface area contributed by atoms with Gasteiger partial charge >= 0.3 is 0 Å². The van der Waals surface area contributed by atoms with E-state index in [0.717, 1.165) is 13.0 Å². The molecule has 1 aromatic rings. The third-order valence-electron chi connectivity index (χ3n) is 2.19. The van der Waals surface area contributed by atoms with Gasteiger partial charge in [-0.05, 0) is 6.42 Å². The highest BCUT2D eigenvalue weighted by atomic mass is 16.3. The van der Waals surface area contributed by atoms with Crippen molar-refractivity contribution in [2.45, 2.75) is 13.3 Å². The van der Waals surface area contributed by atoms with E-state index in [2.05, 4.69) is 15.3 Å². The van der Waals surface area contributed by atoms with Crippen LogP contribution in [0.15, 0.2) is 12.4 Å². The average Bonchev–Trinajstić information content (AvgIpc) is 2.36. The second kappa shape index (κ2) is 6.80. The largest absolute Gasteiger partial charge is 0.395 e. The Labute approximate surface area is 101 Å². The molecule has 6 heteroatoms. The van der Waals surface area contributed by atoms with E-state index in [9.17, 15) is 4.79 Å². The van der Waals surface area contributed by atoms with Crippen LogP contribution in [0, 0.1) is 0 Å². The maximum absolute atomic E-state index is 11.8. The molecule has 0 aliphatic rings. The molecule has 94 valence electrons. The third-order valence-corrected chi connectivity index (χ3v) is 2.19. The SMILES string of the molecule is CCCNc1cncc(C(=O)N(C)CCO)n1. The molecular formula is C11H18N4O2. The van der Waals surface area contributed by atoms with E-state index in [1.807, 2.05) is 6.92 Å². The predicted molar refractivity (Wildman–Crippen MR) is 64.9 cm³/mol. The van der Waals surface area contributed by atoms with Gasteiger partial charge in [0.15, 0.2) is 0 Å². The molecule has 0 saturated heterocycles. The highest BCUT2D eigenvalue weighted by molar-refractivity contribution is 5.92. The van der Waals surface area contributed by atoms with Gasteiger partial charge < -0.3 is 15.3 Å². The van der Waals surface area contributed by atoms with Gasteiger partial charge in [-0.15, -0.1) is 0 Å². The second-order valence-corrected chi connectivity index (χ2v) is 3.67. The highest BCUT2D eigenvalue weighted by Gasteiger charge is 2.13. The summed E-state index contributed by atoms with van der Waals surface area (Å²) < 4.78 is 0. The lowest BCUT2D eigenvalue weighted by atomic mass is 10.4. The maximum atomic E-state index is 11.8. The van der Waals surface area contributed by atoms with E-state index in [1.54, 1.807) is 13.2 Å². The summed E-state index contributed by atoms with van der Waals surface area (Å²) in [6, 6.07) is 0. The number of hydrogen-bond donors (Lipinski definition) is 2. The standard InChI is InChI=1S/C11H18N4O2/c1-3-4-13-10-8-12-7-9(14-10)11(17)15(2)5-6-16/h7-8,16H,3-6H2,1-2H3,(H,13,14). The van der Waals surface area contributed by atoms with Crippen LogP contribution < -0.4 is 5.32 Å². The number of hydrogen-bond acceptors (Lipinski definition) is 5. The van der Waals surface area contributed by atoms with Crippen molar-refractivity contribution < 1.29 is 9.90 Å². The molecule has 6 nitrogen and oxygen atoms in total. The molecule has 0 aromatic carbocycles. The van der Waals surface area contributed by atoms with Crippen LogP contribution in [-0.4, -0.2) is 52.6 Å². The Hall–Kier alpha value is -1.69. The Kier molecular flexibility index (Phi) is 5.35. The van der Waals surface area contributed by atoms with Crippen molar-refractivity contribution in [3.63, 3.8) is 0 Å². The summed E-state index contributed by atoms with van der Waals surface area (Å²) >= 11 is 0. The van der Waals surface area contributed by atoms with Crippen molar-refractivity contribution in [2.75, 3.05) is 32.1 Å². The first-order valence-corrected chi connectivity index (χ1v) is 5.61. The Morgan fingerprint density at radius 2 is 2.29 bits per heavy atom. The van der Waals surface area contributed by atoms with E-state index in [4.69, 9.17) is 5.11 Å². The van der Waals surface area contributed by atoms with Crippen molar-refractivity contribution in [2.24, 2.45) is 0 Å². The molecule has 0 unspecified atom stereocenters. The predicted octanol–water partition coefficient (Wildman–Crippen LogP) is 0.363. The lowest BCUT2D eigenvalue weighted by Gasteiger charge is -2.15. The van der Waals surface area contributed by atoms with Crippen molar-refractivity contribution in [3.8, 4) is 0 Å². The fourth-order valence-electron chi connectivity index (χ4n) is 1.25. The first-order valence-electron chi connectivity index (χ1n) is 5.61. The van der Waals surface area contributed by atoms with Gasteiger partial charge in [0.2, 0.25) is 0 Å². The Morgan fingerprint density at radius 1 is 1.53 bits per heavy atom. The van der Waals surface area contributed by atoms with Crippen LogP contribution in [0.4, 0.5) is 5.82 Å². The number of amides is 1. The number of aliphatic hydroxyl groups is 1. The fourth-order valence-corrected chi connectivity index (χ4v) is 1.25. The van der Waals surface area contributed by atoms with E-state index in [-0.39, 0.29) is 24.8 Å². The number of carbonyl (C=O) groups excluding carboxylic acids is 1. The molecule has 0 radical (unpaired) electrons. The van der Waals surface area contributed by atoms with Crippen LogP contribution in [0.5, 0.6) is 0 Å². The minimum atomic E-state index is -0.244. The Bertz CT molecular complexity index is 370. The van der Waals surface area contributed by atoms with E-state index < -0.39 is 0 Å². The minimum absolute atomic E-state index is 0.0660. The highest BCUT2D eigenvalue weighted by Crippen LogP contribution is 2.04. The van der Waals surface area contributed by atoms with Crippen molar-refractivity contribution in [1.82, 2.24) is 14.9 Å². The lowest BCUT2D eigenvalue weighted by molar-refractivity contribution is 0.0761. The zero-order chi connectivity index (χ0) is 12.7. The number of anilines is 1. The van der Waals surface area contributed by atoms with Crippen LogP contribution in [0.1, 0.15) is 23.8 Å². The summed E-state index contributed by atoms with van der Waals surface area (Å²) in [6.45, 7) is 3.06. The number of nitrogens with one attached hydrogen (secondary N) is 1. The molecule has 17 heavy (non-hydrogen) atoms. The number of rotatable bonds is 6. The number of carbonyl (C=O) groups is 1. The second-order valence-electron chi connectivity index (χ2n) is 3.67. The zero-order valence-corrected chi connectivity index (χ0v) is 10.2. The summed E-state index contributed by atoms with van der Waals surface area (Å²) in [4.78, 5) is 21.4. The molecule has 1 aromatic heterocycles. The van der Waals surface area contributed by atoms with Crippen molar-refractivity contribution in [1.29, 1.82) is 0 Å². The Balaban J connectivity index is 2.73. The van der Waals surface area contributed by atoms with Crippen LogP contribution in [-0.2, 0) is 0 Å². The van der Waals surface area contributed by atoms with E-state index in [1.165, 1.54) is 11.1 Å². The molecule has 0 atom stereocenters. The topological polar surface area (TPSA) is 78.4 Å². The van der Waals surface area contributed by atoms with Gasteiger partial charge in [0, 0.05) is 20.1 Å². The summed E-state index contributed by atoms with van der Waals surface area (Å²) in [5.74, 6) is 0.349. The van der Waals surface area contributed by atoms with Gasteiger partial charge in [-0.25, -0.2) is 4.98 Å². The molecule has 0 bridgehead atoms.